The summed E-state index contributed by atoms with van der Waals surface area (Å²) in [7, 11) is 0. The predicted molar refractivity (Wildman–Crippen MR) is 88.4 cm³/mol. The number of carbonyl (C=O) groups is 1. The van der Waals surface area contributed by atoms with Crippen molar-refractivity contribution in [3.05, 3.63) is 35.6 Å². The van der Waals surface area contributed by atoms with E-state index in [0.29, 0.717) is 17.6 Å². The number of halogens is 1. The van der Waals surface area contributed by atoms with Gasteiger partial charge in [-0.1, -0.05) is 12.1 Å². The quantitative estimate of drug-likeness (QED) is 0.875. The average molecular weight is 322 g/mol. The first kappa shape index (κ1) is 17.9. The van der Waals surface area contributed by atoms with Crippen LogP contribution >= 0.6 is 0 Å². The van der Waals surface area contributed by atoms with Gasteiger partial charge in [0, 0.05) is 12.1 Å². The van der Waals surface area contributed by atoms with Crippen molar-refractivity contribution in [2.45, 2.75) is 64.3 Å². The Kier molecular flexibility index (Phi) is 5.42. The van der Waals surface area contributed by atoms with Crippen molar-refractivity contribution in [3.8, 4) is 0 Å². The number of benzene rings is 1. The molecule has 5 heteroatoms. The molecule has 0 bridgehead atoms. The molecule has 0 spiro atoms. The van der Waals surface area contributed by atoms with Crippen LogP contribution in [0.4, 0.5) is 4.39 Å². The number of hydrogen-bond donors (Lipinski definition) is 2. The van der Waals surface area contributed by atoms with Crippen molar-refractivity contribution in [3.63, 3.8) is 0 Å². The number of aliphatic hydroxyl groups is 1. The number of rotatable bonds is 5. The minimum atomic E-state index is -1.23. The van der Waals surface area contributed by atoms with Gasteiger partial charge in [-0.3, -0.25) is 9.69 Å². The van der Waals surface area contributed by atoms with Crippen LogP contribution in [-0.4, -0.2) is 40.6 Å². The van der Waals surface area contributed by atoms with E-state index in [1.165, 1.54) is 24.3 Å². The van der Waals surface area contributed by atoms with Crippen LogP contribution in [0.15, 0.2) is 24.3 Å². The SMILES string of the molecule is CC1CCC(C)N1C(C)C(=O)NCC(C)(O)c1ccc(F)cc1. The van der Waals surface area contributed by atoms with Gasteiger partial charge in [0.1, 0.15) is 11.4 Å². The summed E-state index contributed by atoms with van der Waals surface area (Å²) >= 11 is 0. The molecule has 1 aromatic carbocycles. The standard InChI is InChI=1S/C18H27FN2O2/c1-12-5-6-13(2)21(12)14(3)17(22)20-11-18(4,23)15-7-9-16(19)10-8-15/h7-10,12-14,23H,5-6,11H2,1-4H3,(H,20,22). The molecule has 1 aromatic rings. The summed E-state index contributed by atoms with van der Waals surface area (Å²) in [5.41, 5.74) is -0.652. The Morgan fingerprint density at radius 3 is 2.39 bits per heavy atom. The van der Waals surface area contributed by atoms with E-state index in [4.69, 9.17) is 0 Å². The van der Waals surface area contributed by atoms with Crippen LogP contribution in [-0.2, 0) is 10.4 Å². The summed E-state index contributed by atoms with van der Waals surface area (Å²) in [6, 6.07) is 6.24. The first-order valence-electron chi connectivity index (χ1n) is 8.26. The van der Waals surface area contributed by atoms with E-state index in [9.17, 15) is 14.3 Å². The van der Waals surface area contributed by atoms with Crippen molar-refractivity contribution in [1.82, 2.24) is 10.2 Å². The van der Waals surface area contributed by atoms with Gasteiger partial charge in [-0.05, 0) is 58.2 Å². The molecule has 1 fully saturated rings. The largest absolute Gasteiger partial charge is 0.384 e. The molecule has 0 aromatic heterocycles. The lowest BCUT2D eigenvalue weighted by Gasteiger charge is -2.32. The summed E-state index contributed by atoms with van der Waals surface area (Å²) in [6.07, 6.45) is 2.21. The minimum absolute atomic E-state index is 0.0898. The van der Waals surface area contributed by atoms with E-state index < -0.39 is 5.60 Å². The first-order chi connectivity index (χ1) is 10.7. The summed E-state index contributed by atoms with van der Waals surface area (Å²) in [4.78, 5) is 14.7. The van der Waals surface area contributed by atoms with Crippen LogP contribution in [0.2, 0.25) is 0 Å². The Morgan fingerprint density at radius 1 is 1.35 bits per heavy atom. The van der Waals surface area contributed by atoms with E-state index in [1.807, 2.05) is 6.92 Å². The van der Waals surface area contributed by atoms with Crippen LogP contribution in [0.25, 0.3) is 0 Å². The molecule has 4 nitrogen and oxygen atoms in total. The number of nitrogens with zero attached hydrogens (tertiary/aromatic N) is 1. The van der Waals surface area contributed by atoms with Gasteiger partial charge in [0.15, 0.2) is 0 Å². The van der Waals surface area contributed by atoms with Crippen LogP contribution in [0.3, 0.4) is 0 Å². The molecule has 2 rings (SSSR count). The van der Waals surface area contributed by atoms with E-state index in [0.717, 1.165) is 12.8 Å². The fourth-order valence-electron chi connectivity index (χ4n) is 3.43. The number of amides is 1. The maximum absolute atomic E-state index is 13.0. The van der Waals surface area contributed by atoms with Gasteiger partial charge in [-0.15, -0.1) is 0 Å². The van der Waals surface area contributed by atoms with Crippen molar-refractivity contribution in [1.29, 1.82) is 0 Å². The van der Waals surface area contributed by atoms with Gasteiger partial charge in [0.25, 0.3) is 0 Å². The lowest BCUT2D eigenvalue weighted by Crippen LogP contribution is -2.51. The first-order valence-corrected chi connectivity index (χ1v) is 8.26. The van der Waals surface area contributed by atoms with Crippen LogP contribution in [0.1, 0.15) is 46.1 Å². The highest BCUT2D eigenvalue weighted by molar-refractivity contribution is 5.81. The van der Waals surface area contributed by atoms with Gasteiger partial charge >= 0.3 is 0 Å². The minimum Gasteiger partial charge on any atom is -0.384 e. The van der Waals surface area contributed by atoms with E-state index in [-0.39, 0.29) is 24.3 Å². The van der Waals surface area contributed by atoms with Crippen LogP contribution in [0.5, 0.6) is 0 Å². The van der Waals surface area contributed by atoms with Crippen molar-refractivity contribution < 1.29 is 14.3 Å². The second kappa shape index (κ2) is 6.97. The molecule has 23 heavy (non-hydrogen) atoms. The van der Waals surface area contributed by atoms with Crippen molar-refractivity contribution >= 4 is 5.91 Å². The van der Waals surface area contributed by atoms with Gasteiger partial charge in [0.2, 0.25) is 5.91 Å². The lowest BCUT2D eigenvalue weighted by atomic mass is 9.96. The van der Waals surface area contributed by atoms with Crippen molar-refractivity contribution in [2.75, 3.05) is 6.54 Å². The number of carbonyl (C=O) groups excluding carboxylic acids is 1. The van der Waals surface area contributed by atoms with E-state index in [2.05, 4.69) is 24.1 Å². The molecule has 0 saturated carbocycles. The Labute approximate surface area is 137 Å². The Hall–Kier alpha value is -1.46. The van der Waals surface area contributed by atoms with Gasteiger partial charge in [-0.2, -0.15) is 0 Å². The molecule has 1 saturated heterocycles. The fraction of sp³-hybridized carbons (Fsp3) is 0.611. The zero-order valence-corrected chi connectivity index (χ0v) is 14.3. The highest BCUT2D eigenvalue weighted by atomic mass is 19.1. The maximum Gasteiger partial charge on any atom is 0.237 e. The summed E-state index contributed by atoms with van der Waals surface area (Å²) < 4.78 is 13.0. The second-order valence-corrected chi connectivity index (χ2v) is 6.90. The van der Waals surface area contributed by atoms with Gasteiger partial charge in [-0.25, -0.2) is 4.39 Å². The molecule has 1 aliphatic heterocycles. The smallest absolute Gasteiger partial charge is 0.237 e. The molecule has 128 valence electrons. The monoisotopic (exact) mass is 322 g/mol. The highest BCUT2D eigenvalue weighted by Crippen LogP contribution is 2.26. The highest BCUT2D eigenvalue weighted by Gasteiger charge is 2.35. The number of nitrogens with one attached hydrogen (secondary N) is 1. The Balaban J connectivity index is 1.96. The zero-order chi connectivity index (χ0) is 17.2. The third kappa shape index (κ3) is 4.09. The number of hydrogen-bond acceptors (Lipinski definition) is 3. The lowest BCUT2D eigenvalue weighted by molar-refractivity contribution is -0.128. The predicted octanol–water partition coefficient (Wildman–Crippen LogP) is 2.41. The topological polar surface area (TPSA) is 52.6 Å². The third-order valence-electron chi connectivity index (χ3n) is 4.92. The van der Waals surface area contributed by atoms with Crippen LogP contribution in [0, 0.1) is 5.82 Å². The molecule has 1 amide bonds. The molecule has 2 N–H and O–H groups in total. The van der Waals surface area contributed by atoms with Gasteiger partial charge < -0.3 is 10.4 Å². The molecule has 4 atom stereocenters. The summed E-state index contributed by atoms with van der Waals surface area (Å²) in [5, 5.41) is 13.4. The maximum atomic E-state index is 13.0. The molecule has 1 aliphatic rings. The Bertz CT molecular complexity index is 534. The Morgan fingerprint density at radius 2 is 1.87 bits per heavy atom. The summed E-state index contributed by atoms with van der Waals surface area (Å²) in [5.74, 6) is -0.438. The zero-order valence-electron chi connectivity index (χ0n) is 14.3. The van der Waals surface area contributed by atoms with Crippen LogP contribution < -0.4 is 5.32 Å². The molecule has 4 unspecified atom stereocenters. The molecule has 0 radical (unpaired) electrons. The summed E-state index contributed by atoms with van der Waals surface area (Å²) in [6.45, 7) is 7.90. The van der Waals surface area contributed by atoms with E-state index in [1.54, 1.807) is 6.92 Å². The molecular weight excluding hydrogens is 295 g/mol. The van der Waals surface area contributed by atoms with Crippen molar-refractivity contribution in [2.24, 2.45) is 0 Å². The second-order valence-electron chi connectivity index (χ2n) is 6.90. The van der Waals surface area contributed by atoms with Gasteiger partial charge in [0.05, 0.1) is 12.6 Å². The van der Waals surface area contributed by atoms with E-state index >= 15 is 0 Å². The third-order valence-corrected chi connectivity index (χ3v) is 4.92. The molecule has 1 heterocycles. The normalized spacial score (nSPS) is 25.8. The molecular formula is C18H27FN2O2. The average Bonchev–Trinajstić information content (AvgIpc) is 2.83. The molecule has 0 aliphatic carbocycles. The number of likely N-dealkylation sites (tertiary alicyclic amines) is 1. The fourth-order valence-corrected chi connectivity index (χ4v) is 3.43.